The second-order valence-corrected chi connectivity index (χ2v) is 5.16. The number of rotatable bonds is 3. The quantitative estimate of drug-likeness (QED) is 0.893. The molecule has 1 unspecified atom stereocenters. The van der Waals surface area contributed by atoms with E-state index in [1.807, 2.05) is 0 Å². The normalized spacial score (nSPS) is 18.2. The minimum absolute atomic E-state index is 0.176. The van der Waals surface area contributed by atoms with Gasteiger partial charge in [-0.05, 0) is 37.9 Å². The summed E-state index contributed by atoms with van der Waals surface area (Å²) >= 11 is 3.09. The Hall–Kier alpha value is -0.480. The fourth-order valence-corrected chi connectivity index (χ4v) is 2.64. The van der Waals surface area contributed by atoms with Crippen molar-refractivity contribution in [1.82, 2.24) is 5.32 Å². The molecular formula is C12H14BrF2N. The molecule has 0 bridgehead atoms. The van der Waals surface area contributed by atoms with Crippen LogP contribution in [-0.2, 0) is 0 Å². The average molecular weight is 290 g/mol. The Labute approximate surface area is 102 Å². The second kappa shape index (κ2) is 4.80. The largest absolute Gasteiger partial charge is 0.313 e. The minimum atomic E-state index is -0.474. The zero-order valence-electron chi connectivity index (χ0n) is 9.06. The Morgan fingerprint density at radius 3 is 2.25 bits per heavy atom. The second-order valence-electron chi connectivity index (χ2n) is 4.24. The highest BCUT2D eigenvalue weighted by atomic mass is 79.9. The van der Waals surface area contributed by atoms with Crippen LogP contribution in [0.5, 0.6) is 0 Å². The summed E-state index contributed by atoms with van der Waals surface area (Å²) in [6, 6.07) is 2.44. The Bertz CT molecular complexity index is 368. The lowest BCUT2D eigenvalue weighted by Gasteiger charge is -2.34. The van der Waals surface area contributed by atoms with E-state index in [2.05, 4.69) is 21.2 Å². The van der Waals surface area contributed by atoms with E-state index < -0.39 is 11.6 Å². The van der Waals surface area contributed by atoms with Gasteiger partial charge in [-0.25, -0.2) is 8.78 Å². The molecule has 88 valence electrons. The van der Waals surface area contributed by atoms with E-state index in [1.165, 1.54) is 12.1 Å². The molecule has 2 rings (SSSR count). The lowest BCUT2D eigenvalue weighted by Crippen LogP contribution is -2.31. The van der Waals surface area contributed by atoms with Crippen LogP contribution in [0.25, 0.3) is 0 Å². The molecule has 1 aromatic carbocycles. The van der Waals surface area contributed by atoms with Gasteiger partial charge in [0.05, 0.1) is 0 Å². The highest BCUT2D eigenvalue weighted by molar-refractivity contribution is 9.10. The van der Waals surface area contributed by atoms with Crippen LogP contribution in [0.2, 0.25) is 0 Å². The molecule has 0 amide bonds. The molecule has 1 aliphatic carbocycles. The van der Waals surface area contributed by atoms with E-state index in [0.29, 0.717) is 10.4 Å². The van der Waals surface area contributed by atoms with Crippen LogP contribution in [0.15, 0.2) is 16.6 Å². The Balaban J connectivity index is 2.36. The van der Waals surface area contributed by atoms with Gasteiger partial charge in [0.25, 0.3) is 0 Å². The van der Waals surface area contributed by atoms with E-state index in [4.69, 9.17) is 0 Å². The van der Waals surface area contributed by atoms with E-state index in [0.717, 1.165) is 19.3 Å². The molecule has 1 aromatic rings. The van der Waals surface area contributed by atoms with Gasteiger partial charge in [0.2, 0.25) is 0 Å². The first-order chi connectivity index (χ1) is 7.63. The first kappa shape index (κ1) is 12.0. The molecule has 1 nitrogen and oxygen atoms in total. The molecule has 1 saturated carbocycles. The van der Waals surface area contributed by atoms with Gasteiger partial charge in [0.1, 0.15) is 11.6 Å². The van der Waals surface area contributed by atoms with Crippen molar-refractivity contribution in [2.45, 2.75) is 25.3 Å². The maximum Gasteiger partial charge on any atom is 0.132 e. The standard InChI is InChI=1S/C12H14BrF2N/c1-16-12(7-3-2-4-7)11-9(14)5-8(13)6-10(11)15/h5-7,12,16H,2-4H2,1H3. The van der Waals surface area contributed by atoms with Gasteiger partial charge >= 0.3 is 0 Å². The van der Waals surface area contributed by atoms with Gasteiger partial charge in [0.15, 0.2) is 0 Å². The SMILES string of the molecule is CNC(c1c(F)cc(Br)cc1F)C1CCC1. The van der Waals surface area contributed by atoms with Crippen molar-refractivity contribution in [2.75, 3.05) is 7.05 Å². The van der Waals surface area contributed by atoms with Gasteiger partial charge in [-0.2, -0.15) is 0 Å². The van der Waals surface area contributed by atoms with Crippen LogP contribution >= 0.6 is 15.9 Å². The third-order valence-corrected chi connectivity index (χ3v) is 3.74. The van der Waals surface area contributed by atoms with Gasteiger partial charge in [-0.1, -0.05) is 22.4 Å². The molecule has 1 atom stereocenters. The fourth-order valence-electron chi connectivity index (χ4n) is 2.24. The van der Waals surface area contributed by atoms with Crippen LogP contribution in [0.3, 0.4) is 0 Å². The van der Waals surface area contributed by atoms with Crippen LogP contribution in [0.4, 0.5) is 8.78 Å². The third kappa shape index (κ3) is 2.13. The third-order valence-electron chi connectivity index (χ3n) is 3.29. The Morgan fingerprint density at radius 2 is 1.88 bits per heavy atom. The molecule has 0 radical (unpaired) electrons. The smallest absolute Gasteiger partial charge is 0.132 e. The first-order valence-electron chi connectivity index (χ1n) is 5.45. The van der Waals surface area contributed by atoms with Crippen LogP contribution < -0.4 is 5.32 Å². The molecule has 1 fully saturated rings. The highest BCUT2D eigenvalue weighted by Crippen LogP contribution is 2.39. The summed E-state index contributed by atoms with van der Waals surface area (Å²) in [6.45, 7) is 0. The number of halogens is 3. The molecule has 0 aliphatic heterocycles. The van der Waals surface area contributed by atoms with Crippen molar-refractivity contribution in [3.63, 3.8) is 0 Å². The molecule has 1 aliphatic rings. The predicted molar refractivity (Wildman–Crippen MR) is 63.2 cm³/mol. The van der Waals surface area contributed by atoms with Gasteiger partial charge in [-0.3, -0.25) is 0 Å². The molecule has 4 heteroatoms. The van der Waals surface area contributed by atoms with Gasteiger partial charge in [0, 0.05) is 16.1 Å². The summed E-state index contributed by atoms with van der Waals surface area (Å²) < 4.78 is 28.0. The summed E-state index contributed by atoms with van der Waals surface area (Å²) in [5.74, 6) is -0.591. The van der Waals surface area contributed by atoms with Crippen LogP contribution in [0, 0.1) is 17.6 Å². The summed E-state index contributed by atoms with van der Waals surface area (Å²) in [4.78, 5) is 0. The van der Waals surface area contributed by atoms with E-state index in [1.54, 1.807) is 7.05 Å². The predicted octanol–water partition coefficient (Wildman–Crippen LogP) is 3.79. The topological polar surface area (TPSA) is 12.0 Å². The molecule has 0 heterocycles. The van der Waals surface area contributed by atoms with E-state index in [-0.39, 0.29) is 11.6 Å². The van der Waals surface area contributed by atoms with Crippen LogP contribution in [-0.4, -0.2) is 7.05 Å². The zero-order valence-corrected chi connectivity index (χ0v) is 10.7. The van der Waals surface area contributed by atoms with Crippen molar-refractivity contribution in [1.29, 1.82) is 0 Å². The summed E-state index contributed by atoms with van der Waals surface area (Å²) in [5, 5.41) is 3.03. The summed E-state index contributed by atoms with van der Waals surface area (Å²) in [5.41, 5.74) is 0.176. The van der Waals surface area contributed by atoms with Crippen molar-refractivity contribution in [3.8, 4) is 0 Å². The minimum Gasteiger partial charge on any atom is -0.313 e. The summed E-state index contributed by atoms with van der Waals surface area (Å²) in [6.07, 6.45) is 3.24. The van der Waals surface area contributed by atoms with Crippen LogP contribution in [0.1, 0.15) is 30.9 Å². The molecule has 16 heavy (non-hydrogen) atoms. The monoisotopic (exact) mass is 289 g/mol. The molecule has 0 saturated heterocycles. The molecule has 0 spiro atoms. The van der Waals surface area contributed by atoms with Gasteiger partial charge < -0.3 is 5.32 Å². The maximum absolute atomic E-state index is 13.8. The van der Waals surface area contributed by atoms with Crippen molar-refractivity contribution in [2.24, 2.45) is 5.92 Å². The molecule has 0 aromatic heterocycles. The summed E-state index contributed by atoms with van der Waals surface area (Å²) in [7, 11) is 1.75. The highest BCUT2D eigenvalue weighted by Gasteiger charge is 2.31. The first-order valence-corrected chi connectivity index (χ1v) is 6.24. The van der Waals surface area contributed by atoms with E-state index >= 15 is 0 Å². The van der Waals surface area contributed by atoms with E-state index in [9.17, 15) is 8.78 Å². The fraction of sp³-hybridized carbons (Fsp3) is 0.500. The Kier molecular flexibility index (Phi) is 3.60. The molecular weight excluding hydrogens is 276 g/mol. The van der Waals surface area contributed by atoms with Crippen molar-refractivity contribution in [3.05, 3.63) is 33.8 Å². The lowest BCUT2D eigenvalue weighted by molar-refractivity contribution is 0.231. The van der Waals surface area contributed by atoms with Crippen molar-refractivity contribution < 1.29 is 8.78 Å². The number of hydrogen-bond acceptors (Lipinski definition) is 1. The number of nitrogens with one attached hydrogen (secondary N) is 1. The zero-order chi connectivity index (χ0) is 11.7. The van der Waals surface area contributed by atoms with Gasteiger partial charge in [-0.15, -0.1) is 0 Å². The Morgan fingerprint density at radius 1 is 1.31 bits per heavy atom. The average Bonchev–Trinajstić information content (AvgIpc) is 2.11. The number of hydrogen-bond donors (Lipinski definition) is 1. The lowest BCUT2D eigenvalue weighted by atomic mass is 9.77. The number of benzene rings is 1. The maximum atomic E-state index is 13.8. The van der Waals surface area contributed by atoms with Crippen molar-refractivity contribution >= 4 is 15.9 Å². The molecule has 1 N–H and O–H groups in total.